The molecule has 0 radical (unpaired) electrons. The number of anilines is 1. The number of amides is 1. The lowest BCUT2D eigenvalue weighted by Gasteiger charge is -2.14. The summed E-state index contributed by atoms with van der Waals surface area (Å²) in [6, 6.07) is 0.283. The smallest absolute Gasteiger partial charge is 0.228 e. The van der Waals surface area contributed by atoms with E-state index in [1.165, 1.54) is 0 Å². The van der Waals surface area contributed by atoms with Gasteiger partial charge in [0.1, 0.15) is 0 Å². The van der Waals surface area contributed by atoms with Crippen LogP contribution in [0.1, 0.15) is 51.0 Å². The van der Waals surface area contributed by atoms with Crippen LogP contribution >= 0.6 is 0 Å². The molecule has 108 valence electrons. The quantitative estimate of drug-likeness (QED) is 0.830. The van der Waals surface area contributed by atoms with Crippen LogP contribution in [-0.2, 0) is 4.79 Å². The summed E-state index contributed by atoms with van der Waals surface area (Å²) >= 11 is 0. The third kappa shape index (κ3) is 3.56. The second kappa shape index (κ2) is 6.70. The highest BCUT2D eigenvalue weighted by Crippen LogP contribution is 2.23. The molecule has 5 heteroatoms. The van der Waals surface area contributed by atoms with E-state index in [1.807, 2.05) is 18.5 Å². The van der Waals surface area contributed by atoms with E-state index in [-0.39, 0.29) is 17.9 Å². The number of carbonyl (C=O) groups excluding carboxylic acids is 1. The number of carbonyl (C=O) groups is 1. The molecular weight excluding hydrogens is 240 g/mol. The van der Waals surface area contributed by atoms with Crippen LogP contribution in [0.3, 0.4) is 0 Å². The van der Waals surface area contributed by atoms with Gasteiger partial charge >= 0.3 is 0 Å². The highest BCUT2D eigenvalue weighted by Gasteiger charge is 2.20. The van der Waals surface area contributed by atoms with Gasteiger partial charge in [0.05, 0.1) is 23.0 Å². The summed E-state index contributed by atoms with van der Waals surface area (Å²) in [5, 5.41) is 7.45. The van der Waals surface area contributed by atoms with Crippen molar-refractivity contribution in [3.05, 3.63) is 11.4 Å². The molecule has 1 amide bonds. The van der Waals surface area contributed by atoms with Crippen molar-refractivity contribution >= 4 is 11.6 Å². The van der Waals surface area contributed by atoms with Crippen LogP contribution < -0.4 is 11.1 Å². The second-order valence-electron chi connectivity index (χ2n) is 5.29. The largest absolute Gasteiger partial charge is 0.330 e. The van der Waals surface area contributed by atoms with Crippen molar-refractivity contribution in [2.45, 2.75) is 53.5 Å². The molecule has 3 N–H and O–H groups in total. The Bertz CT molecular complexity index is 437. The van der Waals surface area contributed by atoms with Crippen molar-refractivity contribution in [3.8, 4) is 0 Å². The van der Waals surface area contributed by atoms with Crippen molar-refractivity contribution in [1.29, 1.82) is 0 Å². The lowest BCUT2D eigenvalue weighted by atomic mass is 10.0. The third-order valence-electron chi connectivity index (χ3n) is 3.35. The fourth-order valence-corrected chi connectivity index (χ4v) is 2.28. The molecular formula is C14H26N4O. The van der Waals surface area contributed by atoms with E-state index in [9.17, 15) is 4.79 Å². The van der Waals surface area contributed by atoms with Gasteiger partial charge in [0, 0.05) is 12.6 Å². The van der Waals surface area contributed by atoms with Gasteiger partial charge in [-0.3, -0.25) is 9.48 Å². The minimum absolute atomic E-state index is 0.00106. The van der Waals surface area contributed by atoms with Gasteiger partial charge in [-0.1, -0.05) is 13.3 Å². The zero-order valence-corrected chi connectivity index (χ0v) is 12.7. The zero-order chi connectivity index (χ0) is 14.6. The predicted molar refractivity (Wildman–Crippen MR) is 78.2 cm³/mol. The molecule has 0 fully saturated rings. The monoisotopic (exact) mass is 266 g/mol. The van der Waals surface area contributed by atoms with E-state index in [2.05, 4.69) is 31.2 Å². The maximum Gasteiger partial charge on any atom is 0.228 e. The summed E-state index contributed by atoms with van der Waals surface area (Å²) in [5.41, 5.74) is 8.34. The molecule has 0 aliphatic carbocycles. The van der Waals surface area contributed by atoms with Crippen LogP contribution in [0.25, 0.3) is 0 Å². The number of aromatic nitrogens is 2. The SMILES string of the molecule is CCCC(CN)C(=O)Nc1c(C)nn(C(C)C)c1C. The molecule has 19 heavy (non-hydrogen) atoms. The van der Waals surface area contributed by atoms with E-state index in [4.69, 9.17) is 5.73 Å². The molecule has 0 aliphatic heterocycles. The van der Waals surface area contributed by atoms with Crippen molar-refractivity contribution in [1.82, 2.24) is 9.78 Å². The van der Waals surface area contributed by atoms with Gasteiger partial charge in [0.15, 0.2) is 0 Å². The summed E-state index contributed by atoms with van der Waals surface area (Å²) < 4.78 is 1.93. The van der Waals surface area contributed by atoms with Gasteiger partial charge in [-0.15, -0.1) is 0 Å². The summed E-state index contributed by atoms with van der Waals surface area (Å²) in [7, 11) is 0. The molecule has 0 spiro atoms. The van der Waals surface area contributed by atoms with Gasteiger partial charge in [0.2, 0.25) is 5.91 Å². The summed E-state index contributed by atoms with van der Waals surface area (Å²) in [5.74, 6) is -0.120. The minimum atomic E-state index is -0.119. The number of hydrogen-bond acceptors (Lipinski definition) is 3. The molecule has 1 unspecified atom stereocenters. The lowest BCUT2D eigenvalue weighted by molar-refractivity contribution is -0.119. The molecule has 0 aromatic carbocycles. The number of aryl methyl sites for hydroxylation is 1. The van der Waals surface area contributed by atoms with Crippen LogP contribution in [0.15, 0.2) is 0 Å². The Morgan fingerprint density at radius 2 is 2.05 bits per heavy atom. The lowest BCUT2D eigenvalue weighted by Crippen LogP contribution is -2.29. The summed E-state index contributed by atoms with van der Waals surface area (Å²) in [6.07, 6.45) is 1.78. The third-order valence-corrected chi connectivity index (χ3v) is 3.35. The number of hydrogen-bond donors (Lipinski definition) is 2. The van der Waals surface area contributed by atoms with E-state index >= 15 is 0 Å². The molecule has 1 rings (SSSR count). The van der Waals surface area contributed by atoms with Crippen LogP contribution in [0.2, 0.25) is 0 Å². The number of nitrogens with one attached hydrogen (secondary N) is 1. The molecule has 1 aromatic rings. The maximum absolute atomic E-state index is 12.2. The number of nitrogens with two attached hydrogens (primary N) is 1. The Hall–Kier alpha value is -1.36. The summed E-state index contributed by atoms with van der Waals surface area (Å²) in [4.78, 5) is 12.2. The number of rotatable bonds is 6. The Kier molecular flexibility index (Phi) is 5.54. The standard InChI is InChI=1S/C14H26N4O/c1-6-7-12(8-15)14(19)16-13-10(4)17-18(9(2)3)11(13)5/h9,12H,6-8,15H2,1-5H3,(H,16,19). The van der Waals surface area contributed by atoms with Gasteiger partial charge in [0.25, 0.3) is 0 Å². The van der Waals surface area contributed by atoms with E-state index in [1.54, 1.807) is 0 Å². The Morgan fingerprint density at radius 3 is 2.47 bits per heavy atom. The van der Waals surface area contributed by atoms with Crippen molar-refractivity contribution in [2.75, 3.05) is 11.9 Å². The average Bonchev–Trinajstić information content (AvgIpc) is 2.63. The minimum Gasteiger partial charge on any atom is -0.330 e. The summed E-state index contributed by atoms with van der Waals surface area (Å²) in [6.45, 7) is 10.5. The Labute approximate surface area is 115 Å². The molecule has 5 nitrogen and oxygen atoms in total. The topological polar surface area (TPSA) is 72.9 Å². The van der Waals surface area contributed by atoms with Gasteiger partial charge in [-0.25, -0.2) is 0 Å². The highest BCUT2D eigenvalue weighted by atomic mass is 16.1. The number of nitrogens with zero attached hydrogens (tertiary/aromatic N) is 2. The maximum atomic E-state index is 12.2. The van der Waals surface area contributed by atoms with Gasteiger partial charge < -0.3 is 11.1 Å². The van der Waals surface area contributed by atoms with Crippen LogP contribution in [0.5, 0.6) is 0 Å². The molecule has 0 bridgehead atoms. The average molecular weight is 266 g/mol. The first-order valence-corrected chi connectivity index (χ1v) is 6.98. The molecule has 0 saturated heterocycles. The molecule has 0 aliphatic rings. The molecule has 0 saturated carbocycles. The highest BCUT2D eigenvalue weighted by molar-refractivity contribution is 5.93. The fourth-order valence-electron chi connectivity index (χ4n) is 2.28. The van der Waals surface area contributed by atoms with Crippen LogP contribution in [-0.4, -0.2) is 22.2 Å². The van der Waals surface area contributed by atoms with Crippen molar-refractivity contribution in [3.63, 3.8) is 0 Å². The Morgan fingerprint density at radius 1 is 1.42 bits per heavy atom. The van der Waals surface area contributed by atoms with Crippen molar-refractivity contribution in [2.24, 2.45) is 11.7 Å². The first kappa shape index (κ1) is 15.7. The van der Waals surface area contributed by atoms with Crippen LogP contribution in [0, 0.1) is 19.8 Å². The molecule has 1 heterocycles. The second-order valence-corrected chi connectivity index (χ2v) is 5.29. The van der Waals surface area contributed by atoms with Crippen LogP contribution in [0.4, 0.5) is 5.69 Å². The van der Waals surface area contributed by atoms with E-state index < -0.39 is 0 Å². The molecule has 1 atom stereocenters. The fraction of sp³-hybridized carbons (Fsp3) is 0.714. The first-order chi connectivity index (χ1) is 8.92. The first-order valence-electron chi connectivity index (χ1n) is 6.98. The predicted octanol–water partition coefficient (Wildman–Crippen LogP) is 2.39. The van der Waals surface area contributed by atoms with Gasteiger partial charge in [-0.05, 0) is 34.1 Å². The van der Waals surface area contributed by atoms with Gasteiger partial charge in [-0.2, -0.15) is 5.10 Å². The molecule has 1 aromatic heterocycles. The Balaban J connectivity index is 2.90. The normalized spacial score (nSPS) is 12.8. The van der Waals surface area contributed by atoms with E-state index in [0.717, 1.165) is 29.9 Å². The van der Waals surface area contributed by atoms with E-state index in [0.29, 0.717) is 6.54 Å². The zero-order valence-electron chi connectivity index (χ0n) is 12.7. The van der Waals surface area contributed by atoms with Crippen molar-refractivity contribution < 1.29 is 4.79 Å².